The number of nitrogens with one attached hydrogen (secondary N) is 2. The molecule has 2 atom stereocenters. The number of hydrogen-bond donors (Lipinski definition) is 4. The van der Waals surface area contributed by atoms with E-state index in [9.17, 15) is 29.5 Å². The van der Waals surface area contributed by atoms with Crippen molar-refractivity contribution in [2.75, 3.05) is 11.9 Å². The number of carbonyl (C=O) groups is 4. The third-order valence-corrected chi connectivity index (χ3v) is 5.32. The van der Waals surface area contributed by atoms with Crippen molar-refractivity contribution in [1.29, 1.82) is 0 Å². The van der Waals surface area contributed by atoms with Crippen LogP contribution in [0.4, 0.5) is 9.93 Å². The van der Waals surface area contributed by atoms with Gasteiger partial charge in [-0.1, -0.05) is 34.6 Å². The molecule has 0 bridgehead atoms. The molecule has 0 unspecified atom stereocenters. The number of amides is 4. The van der Waals surface area contributed by atoms with Gasteiger partial charge in [-0.3, -0.25) is 19.6 Å². The number of rotatable bonds is 10. The van der Waals surface area contributed by atoms with E-state index in [0.717, 1.165) is 11.3 Å². The highest BCUT2D eigenvalue weighted by atomic mass is 32.1. The van der Waals surface area contributed by atoms with Crippen LogP contribution in [-0.4, -0.2) is 62.9 Å². The maximum atomic E-state index is 12.8. The summed E-state index contributed by atoms with van der Waals surface area (Å²) in [5, 5.41) is 26.4. The number of aliphatic hydroxyl groups excluding tert-OH is 1. The van der Waals surface area contributed by atoms with Crippen LogP contribution in [0.15, 0.2) is 5.38 Å². The van der Waals surface area contributed by atoms with Crippen molar-refractivity contribution in [3.8, 4) is 0 Å². The van der Waals surface area contributed by atoms with Gasteiger partial charge in [0.1, 0.15) is 12.1 Å². The Morgan fingerprint density at radius 1 is 1.21 bits per heavy atom. The molecule has 0 aromatic carbocycles. The van der Waals surface area contributed by atoms with Crippen LogP contribution in [0.1, 0.15) is 60.1 Å². The number of esters is 1. The first kappa shape index (κ1) is 28.5. The second kappa shape index (κ2) is 12.6. The molecule has 0 aliphatic carbocycles. The molecule has 1 aromatic rings. The Morgan fingerprint density at radius 2 is 1.85 bits per heavy atom. The normalized spacial score (nSPS) is 13.2. The first-order valence-electron chi connectivity index (χ1n) is 10.7. The molecular formula is C21H34N4O7S. The van der Waals surface area contributed by atoms with Gasteiger partial charge in [0, 0.05) is 5.38 Å². The third-order valence-electron chi connectivity index (χ3n) is 4.51. The van der Waals surface area contributed by atoms with Gasteiger partial charge in [-0.25, -0.2) is 9.78 Å². The molecule has 1 rings (SSSR count). The van der Waals surface area contributed by atoms with Gasteiger partial charge in [-0.05, 0) is 31.1 Å². The Hall–Kier alpha value is -2.57. The van der Waals surface area contributed by atoms with Crippen LogP contribution >= 0.6 is 11.3 Å². The number of ether oxygens (including phenoxy) is 1. The SMILES string of the molecule is CCOC(=O)Cc1csc(NC(=O)[C@@H](NC(=O)N(O)C(=O)[C@@H](O)CCC(C)C)C(C)(C)C)n1. The van der Waals surface area contributed by atoms with Crippen molar-refractivity contribution in [3.05, 3.63) is 11.1 Å². The number of hydrogen-bond acceptors (Lipinski definition) is 9. The van der Waals surface area contributed by atoms with Crippen LogP contribution in [-0.2, 0) is 25.5 Å². The van der Waals surface area contributed by atoms with Gasteiger partial charge in [-0.15, -0.1) is 16.4 Å². The monoisotopic (exact) mass is 486 g/mol. The maximum absolute atomic E-state index is 12.8. The summed E-state index contributed by atoms with van der Waals surface area (Å²) in [6, 6.07) is -2.39. The number of aromatic nitrogens is 1. The van der Waals surface area contributed by atoms with Gasteiger partial charge in [-0.2, -0.15) is 0 Å². The number of imide groups is 1. The fraction of sp³-hybridized carbons (Fsp3) is 0.667. The van der Waals surface area contributed by atoms with Crippen molar-refractivity contribution >= 4 is 40.3 Å². The van der Waals surface area contributed by atoms with Crippen molar-refractivity contribution in [3.63, 3.8) is 0 Å². The number of anilines is 1. The Kier molecular flexibility index (Phi) is 10.9. The number of urea groups is 1. The minimum atomic E-state index is -1.54. The number of thiazole rings is 1. The fourth-order valence-corrected chi connectivity index (χ4v) is 3.41. The third kappa shape index (κ3) is 9.44. The van der Waals surface area contributed by atoms with Gasteiger partial charge in [0.05, 0.1) is 18.7 Å². The van der Waals surface area contributed by atoms with E-state index in [1.807, 2.05) is 13.8 Å². The Morgan fingerprint density at radius 3 is 2.39 bits per heavy atom. The second-order valence-electron chi connectivity index (χ2n) is 9.00. The van der Waals surface area contributed by atoms with E-state index in [1.165, 1.54) is 0 Å². The first-order chi connectivity index (χ1) is 15.3. The Balaban J connectivity index is 2.83. The summed E-state index contributed by atoms with van der Waals surface area (Å²) in [5.74, 6) is -2.02. The van der Waals surface area contributed by atoms with Crippen LogP contribution in [0.25, 0.3) is 0 Å². The predicted molar refractivity (Wildman–Crippen MR) is 122 cm³/mol. The number of aliphatic hydroxyl groups is 1. The quantitative estimate of drug-likeness (QED) is 0.223. The van der Waals surface area contributed by atoms with E-state index >= 15 is 0 Å². The van der Waals surface area contributed by atoms with E-state index in [1.54, 1.807) is 33.1 Å². The van der Waals surface area contributed by atoms with Crippen LogP contribution in [0.2, 0.25) is 0 Å². The van der Waals surface area contributed by atoms with Crippen LogP contribution in [0.5, 0.6) is 0 Å². The molecule has 0 aliphatic heterocycles. The summed E-state index contributed by atoms with van der Waals surface area (Å²) in [6.45, 7) is 10.8. The lowest BCUT2D eigenvalue weighted by Gasteiger charge is -2.31. The molecule has 12 heteroatoms. The molecule has 186 valence electrons. The van der Waals surface area contributed by atoms with Gasteiger partial charge >= 0.3 is 12.0 Å². The van der Waals surface area contributed by atoms with Gasteiger partial charge in [0.2, 0.25) is 5.91 Å². The van der Waals surface area contributed by atoms with Crippen LogP contribution < -0.4 is 10.6 Å². The fourth-order valence-electron chi connectivity index (χ4n) is 2.70. The van der Waals surface area contributed by atoms with Crippen molar-refractivity contribution in [2.45, 2.75) is 73.0 Å². The van der Waals surface area contributed by atoms with Crippen molar-refractivity contribution in [2.24, 2.45) is 11.3 Å². The summed E-state index contributed by atoms with van der Waals surface area (Å²) < 4.78 is 4.87. The molecule has 0 spiro atoms. The number of hydroxylamine groups is 2. The predicted octanol–water partition coefficient (Wildman–Crippen LogP) is 2.33. The van der Waals surface area contributed by atoms with Gasteiger partial charge in [0.15, 0.2) is 5.13 Å². The minimum absolute atomic E-state index is 0.0413. The summed E-state index contributed by atoms with van der Waals surface area (Å²) in [4.78, 5) is 53.2. The van der Waals surface area contributed by atoms with E-state index in [2.05, 4.69) is 15.6 Å². The van der Waals surface area contributed by atoms with Gasteiger partial charge in [0.25, 0.3) is 5.91 Å². The van der Waals surface area contributed by atoms with Crippen molar-refractivity contribution < 1.29 is 34.2 Å². The van der Waals surface area contributed by atoms with E-state index in [4.69, 9.17) is 4.74 Å². The average molecular weight is 487 g/mol. The Bertz CT molecular complexity index is 835. The smallest absolute Gasteiger partial charge is 0.349 e. The number of nitrogens with zero attached hydrogens (tertiary/aromatic N) is 2. The topological polar surface area (TPSA) is 158 Å². The van der Waals surface area contributed by atoms with E-state index < -0.39 is 41.4 Å². The zero-order chi connectivity index (χ0) is 25.3. The van der Waals surface area contributed by atoms with Crippen LogP contribution in [0, 0.1) is 11.3 Å². The van der Waals surface area contributed by atoms with E-state index in [-0.39, 0.29) is 35.6 Å². The molecular weight excluding hydrogens is 452 g/mol. The molecule has 1 heterocycles. The van der Waals surface area contributed by atoms with Gasteiger partial charge < -0.3 is 20.5 Å². The molecule has 11 nitrogen and oxygen atoms in total. The summed E-state index contributed by atoms with van der Waals surface area (Å²) >= 11 is 1.10. The second-order valence-corrected chi connectivity index (χ2v) is 9.86. The summed E-state index contributed by atoms with van der Waals surface area (Å²) in [5.41, 5.74) is -0.377. The summed E-state index contributed by atoms with van der Waals surface area (Å²) in [6.07, 6.45) is -0.970. The molecule has 0 aliphatic rings. The molecule has 4 N–H and O–H groups in total. The van der Waals surface area contributed by atoms with E-state index in [0.29, 0.717) is 12.1 Å². The standard InChI is InChI=1S/C21H34N4O7S/c1-7-32-15(27)10-13-11-33-19(22-13)24-17(28)16(21(4,5)6)23-20(30)25(31)18(29)14(26)9-8-12(2)3/h11-12,14,16,26,31H,7-10H2,1-6H3,(H,23,30)(H,22,24,28)/t14-,16+/m0/s1. The highest BCUT2D eigenvalue weighted by Gasteiger charge is 2.36. The summed E-state index contributed by atoms with van der Waals surface area (Å²) in [7, 11) is 0. The van der Waals surface area contributed by atoms with Crippen LogP contribution in [0.3, 0.4) is 0 Å². The first-order valence-corrected chi connectivity index (χ1v) is 11.6. The van der Waals surface area contributed by atoms with Crippen molar-refractivity contribution in [1.82, 2.24) is 15.4 Å². The maximum Gasteiger partial charge on any atom is 0.349 e. The molecule has 33 heavy (non-hydrogen) atoms. The lowest BCUT2D eigenvalue weighted by atomic mass is 9.86. The minimum Gasteiger partial charge on any atom is -0.466 e. The molecule has 1 aromatic heterocycles. The molecule has 0 fully saturated rings. The Labute approximate surface area is 197 Å². The highest BCUT2D eigenvalue weighted by Crippen LogP contribution is 2.23. The molecule has 0 saturated carbocycles. The lowest BCUT2D eigenvalue weighted by Crippen LogP contribution is -2.56. The molecule has 0 saturated heterocycles. The average Bonchev–Trinajstić information content (AvgIpc) is 3.14. The largest absolute Gasteiger partial charge is 0.466 e. The molecule has 0 radical (unpaired) electrons. The zero-order valence-corrected chi connectivity index (χ0v) is 20.7. The highest BCUT2D eigenvalue weighted by molar-refractivity contribution is 7.13. The zero-order valence-electron chi connectivity index (χ0n) is 19.9. The molecule has 4 amide bonds. The number of carbonyl (C=O) groups excluding carboxylic acids is 4. The lowest BCUT2D eigenvalue weighted by molar-refractivity contribution is -0.163.